The number of anilines is 2. The number of ether oxygens (including phenoxy) is 1. The molecule has 0 saturated carbocycles. The van der Waals surface area contributed by atoms with Crippen molar-refractivity contribution in [3.05, 3.63) is 74.4 Å². The van der Waals surface area contributed by atoms with Gasteiger partial charge in [-0.25, -0.2) is 19.9 Å². The van der Waals surface area contributed by atoms with Crippen molar-refractivity contribution in [3.63, 3.8) is 0 Å². The number of aromatic amines is 1. The van der Waals surface area contributed by atoms with Gasteiger partial charge in [0, 0.05) is 49.5 Å². The number of morpholine rings is 1. The molecule has 4 aromatic rings. The molecule has 1 unspecified atom stereocenters. The lowest BCUT2D eigenvalue weighted by Gasteiger charge is -2.36. The number of hydrogen-bond acceptors (Lipinski definition) is 9. The van der Waals surface area contributed by atoms with Crippen molar-refractivity contribution >= 4 is 40.1 Å². The average Bonchev–Trinajstić information content (AvgIpc) is 3.31. The lowest BCUT2D eigenvalue weighted by Crippen LogP contribution is -2.39. The van der Waals surface area contributed by atoms with E-state index in [4.69, 9.17) is 16.3 Å². The van der Waals surface area contributed by atoms with Crippen molar-refractivity contribution in [1.29, 1.82) is 0 Å². The second kappa shape index (κ2) is 9.61. The third-order valence-corrected chi connectivity index (χ3v) is 7.16. The van der Waals surface area contributed by atoms with Gasteiger partial charge < -0.3 is 19.5 Å². The molecule has 2 aliphatic rings. The number of rotatable bonds is 4. The standard InChI is InChI=1S/C24H20ClF3N8O3/c25-15-1-2-16-18(21(15)36(37)38)14-4-6-35(23-29-5-3-17(33-23)24(26,27)28)20(19(14)32-16)13-11-30-22(31-12-13)34-7-9-39-10-8-34/h1-3,5,11-12,20,32H,4,6-10H2. The summed E-state index contributed by atoms with van der Waals surface area (Å²) in [6.07, 6.45) is -0.114. The molecule has 0 aliphatic carbocycles. The molecule has 0 bridgehead atoms. The largest absolute Gasteiger partial charge is 0.433 e. The quantitative estimate of drug-likeness (QED) is 0.287. The fourth-order valence-corrected chi connectivity index (χ4v) is 5.35. The smallest absolute Gasteiger partial charge is 0.378 e. The van der Waals surface area contributed by atoms with Crippen LogP contribution in [0.5, 0.6) is 0 Å². The third kappa shape index (κ3) is 4.48. The summed E-state index contributed by atoms with van der Waals surface area (Å²) < 4.78 is 45.8. The molecule has 1 N–H and O–H groups in total. The average molecular weight is 561 g/mol. The second-order valence-electron chi connectivity index (χ2n) is 9.09. The molecule has 6 rings (SSSR count). The predicted octanol–water partition coefficient (Wildman–Crippen LogP) is 4.32. The summed E-state index contributed by atoms with van der Waals surface area (Å²) in [5.74, 6) is 0.364. The van der Waals surface area contributed by atoms with Crippen LogP contribution in [0.2, 0.25) is 5.02 Å². The van der Waals surface area contributed by atoms with E-state index in [1.165, 1.54) is 6.07 Å². The van der Waals surface area contributed by atoms with Crippen molar-refractivity contribution in [2.24, 2.45) is 0 Å². The Morgan fingerprint density at radius 1 is 1.08 bits per heavy atom. The molecule has 1 atom stereocenters. The highest BCUT2D eigenvalue weighted by Crippen LogP contribution is 2.44. The Morgan fingerprint density at radius 3 is 2.51 bits per heavy atom. The maximum atomic E-state index is 13.5. The van der Waals surface area contributed by atoms with Gasteiger partial charge in [-0.15, -0.1) is 0 Å². The van der Waals surface area contributed by atoms with Crippen LogP contribution in [0.4, 0.5) is 30.8 Å². The molecule has 11 nitrogen and oxygen atoms in total. The maximum absolute atomic E-state index is 13.5. The summed E-state index contributed by atoms with van der Waals surface area (Å²) in [4.78, 5) is 35.2. The van der Waals surface area contributed by atoms with Crippen LogP contribution in [0.15, 0.2) is 36.8 Å². The van der Waals surface area contributed by atoms with Crippen LogP contribution in [0.3, 0.4) is 0 Å². The second-order valence-corrected chi connectivity index (χ2v) is 9.50. The number of hydrogen-bond donors (Lipinski definition) is 1. The van der Waals surface area contributed by atoms with Gasteiger partial charge in [-0.2, -0.15) is 13.2 Å². The number of aromatic nitrogens is 5. The monoisotopic (exact) mass is 560 g/mol. The van der Waals surface area contributed by atoms with E-state index in [1.54, 1.807) is 23.4 Å². The van der Waals surface area contributed by atoms with Gasteiger partial charge in [0.25, 0.3) is 5.69 Å². The van der Waals surface area contributed by atoms with Crippen LogP contribution in [0.1, 0.15) is 28.6 Å². The molecule has 0 radical (unpaired) electrons. The number of nitro groups is 1. The molecule has 202 valence electrons. The van der Waals surface area contributed by atoms with Gasteiger partial charge in [-0.1, -0.05) is 11.6 Å². The van der Waals surface area contributed by atoms with Crippen LogP contribution in [-0.4, -0.2) is 62.7 Å². The van der Waals surface area contributed by atoms with Crippen LogP contribution in [0.25, 0.3) is 10.9 Å². The number of nitro benzene ring substituents is 1. The van der Waals surface area contributed by atoms with Crippen LogP contribution < -0.4 is 9.80 Å². The SMILES string of the molecule is O=[N+]([O-])c1c(Cl)ccc2[nH]c3c(c12)CCN(c1nccc(C(F)(F)F)n1)C3c1cnc(N2CCOCC2)nc1. The van der Waals surface area contributed by atoms with Gasteiger partial charge in [-0.3, -0.25) is 10.1 Å². The van der Waals surface area contributed by atoms with Gasteiger partial charge in [-0.05, 0) is 30.2 Å². The Morgan fingerprint density at radius 2 is 1.82 bits per heavy atom. The summed E-state index contributed by atoms with van der Waals surface area (Å²) in [6, 6.07) is 3.14. The Bertz CT molecular complexity index is 1560. The number of fused-ring (bicyclic) bond motifs is 3. The van der Waals surface area contributed by atoms with Gasteiger partial charge in [0.2, 0.25) is 11.9 Å². The Balaban J connectivity index is 1.50. The van der Waals surface area contributed by atoms with E-state index in [1.807, 2.05) is 4.90 Å². The molecule has 1 aromatic carbocycles. The van der Waals surface area contributed by atoms with Gasteiger partial charge in [0.15, 0.2) is 0 Å². The lowest BCUT2D eigenvalue weighted by molar-refractivity contribution is -0.382. The van der Waals surface area contributed by atoms with E-state index in [0.717, 1.165) is 12.3 Å². The van der Waals surface area contributed by atoms with E-state index < -0.39 is 22.8 Å². The minimum absolute atomic E-state index is 0.00677. The first-order valence-electron chi connectivity index (χ1n) is 12.0. The predicted molar refractivity (Wildman–Crippen MR) is 135 cm³/mol. The fourth-order valence-electron chi connectivity index (χ4n) is 5.13. The molecule has 0 spiro atoms. The molecular formula is C24H20ClF3N8O3. The first kappa shape index (κ1) is 25.2. The maximum Gasteiger partial charge on any atom is 0.433 e. The van der Waals surface area contributed by atoms with Crippen molar-refractivity contribution in [3.8, 4) is 0 Å². The number of benzene rings is 1. The topological polar surface area (TPSA) is 126 Å². The van der Waals surface area contributed by atoms with Gasteiger partial charge >= 0.3 is 6.18 Å². The summed E-state index contributed by atoms with van der Waals surface area (Å²) in [5, 5.41) is 12.3. The van der Waals surface area contributed by atoms with Crippen molar-refractivity contribution < 1.29 is 22.8 Å². The highest BCUT2D eigenvalue weighted by Gasteiger charge is 2.38. The number of nitrogens with one attached hydrogen (secondary N) is 1. The Hall–Kier alpha value is -4.04. The fraction of sp³-hybridized carbons (Fsp3) is 0.333. The van der Waals surface area contributed by atoms with Crippen LogP contribution >= 0.6 is 11.6 Å². The van der Waals surface area contributed by atoms with E-state index >= 15 is 0 Å². The molecule has 0 amide bonds. The number of H-pyrrole nitrogens is 1. The number of nitrogens with zero attached hydrogens (tertiary/aromatic N) is 7. The third-order valence-electron chi connectivity index (χ3n) is 6.85. The van der Waals surface area contributed by atoms with E-state index in [0.29, 0.717) is 60.0 Å². The summed E-state index contributed by atoms with van der Waals surface area (Å²) in [7, 11) is 0. The molecule has 5 heterocycles. The zero-order valence-electron chi connectivity index (χ0n) is 20.2. The highest BCUT2D eigenvalue weighted by molar-refractivity contribution is 6.34. The van der Waals surface area contributed by atoms with Crippen molar-refractivity contribution in [2.45, 2.75) is 18.6 Å². The number of halogens is 4. The van der Waals surface area contributed by atoms with E-state index in [2.05, 4.69) is 24.9 Å². The number of alkyl halides is 3. The molecule has 39 heavy (non-hydrogen) atoms. The van der Waals surface area contributed by atoms with Crippen molar-refractivity contribution in [2.75, 3.05) is 42.6 Å². The molecule has 1 fully saturated rings. The molecular weight excluding hydrogens is 541 g/mol. The van der Waals surface area contributed by atoms with Gasteiger partial charge in [0.1, 0.15) is 16.8 Å². The van der Waals surface area contributed by atoms with E-state index in [9.17, 15) is 23.3 Å². The molecule has 2 aliphatic heterocycles. The summed E-state index contributed by atoms with van der Waals surface area (Å²) >= 11 is 6.20. The lowest BCUT2D eigenvalue weighted by atomic mass is 9.93. The molecule has 15 heteroatoms. The van der Waals surface area contributed by atoms with Crippen LogP contribution in [0, 0.1) is 10.1 Å². The first-order valence-corrected chi connectivity index (χ1v) is 12.4. The normalized spacial score (nSPS) is 17.9. The van der Waals surface area contributed by atoms with E-state index in [-0.39, 0.29) is 29.6 Å². The zero-order valence-corrected chi connectivity index (χ0v) is 20.9. The molecule has 1 saturated heterocycles. The minimum atomic E-state index is -4.66. The highest BCUT2D eigenvalue weighted by atomic mass is 35.5. The van der Waals surface area contributed by atoms with Crippen molar-refractivity contribution in [1.82, 2.24) is 24.9 Å². The molecule has 3 aromatic heterocycles. The summed E-state index contributed by atoms with van der Waals surface area (Å²) in [6.45, 7) is 2.54. The summed E-state index contributed by atoms with van der Waals surface area (Å²) in [5.41, 5.74) is 0.922. The first-order chi connectivity index (χ1) is 18.7. The Labute approximate surface area is 223 Å². The van der Waals surface area contributed by atoms with Crippen LogP contribution in [-0.2, 0) is 17.3 Å². The Kier molecular flexibility index (Phi) is 6.22. The van der Waals surface area contributed by atoms with Gasteiger partial charge in [0.05, 0.1) is 29.0 Å². The zero-order chi connectivity index (χ0) is 27.3. The minimum Gasteiger partial charge on any atom is -0.378 e.